The van der Waals surface area contributed by atoms with Gasteiger partial charge in [0.2, 0.25) is 0 Å². The van der Waals surface area contributed by atoms with Crippen LogP contribution in [0.5, 0.6) is 5.75 Å². The van der Waals surface area contributed by atoms with E-state index in [9.17, 15) is 4.39 Å². The Labute approximate surface area is 83.5 Å². The average Bonchev–Trinajstić information content (AvgIpc) is 2.19. The number of methoxy groups -OCH3 is 1. The van der Waals surface area contributed by atoms with Crippen LogP contribution < -0.4 is 4.74 Å². The number of benzene rings is 1. The van der Waals surface area contributed by atoms with Gasteiger partial charge in [-0.15, -0.1) is 0 Å². The third kappa shape index (κ3) is 2.73. The van der Waals surface area contributed by atoms with Crippen molar-refractivity contribution in [2.24, 2.45) is 0 Å². The third-order valence-electron chi connectivity index (χ3n) is 1.82. The van der Waals surface area contributed by atoms with Crippen molar-refractivity contribution >= 4 is 6.08 Å². The molecule has 0 spiro atoms. The van der Waals surface area contributed by atoms with Gasteiger partial charge in [-0.3, -0.25) is 0 Å². The van der Waals surface area contributed by atoms with Crippen molar-refractivity contribution in [3.63, 3.8) is 0 Å². The van der Waals surface area contributed by atoms with Gasteiger partial charge >= 0.3 is 0 Å². The second-order valence-corrected chi connectivity index (χ2v) is 3.05. The molecular weight excluding hydrogens is 179 g/mol. The second kappa shape index (κ2) is 4.61. The Morgan fingerprint density at radius 1 is 1.36 bits per heavy atom. The molecule has 0 amide bonds. The first-order chi connectivity index (χ1) is 6.63. The maximum Gasteiger partial charge on any atom is 0.126 e. The van der Waals surface area contributed by atoms with E-state index in [0.717, 1.165) is 11.3 Å². The second-order valence-electron chi connectivity index (χ2n) is 3.05. The lowest BCUT2D eigenvalue weighted by molar-refractivity contribution is 0.415. The molecule has 0 aliphatic rings. The number of allylic oxidation sites excluding steroid dienone is 2. The van der Waals surface area contributed by atoms with Gasteiger partial charge in [0.1, 0.15) is 11.6 Å². The van der Waals surface area contributed by atoms with E-state index in [1.165, 1.54) is 6.08 Å². The minimum atomic E-state index is -0.296. The summed E-state index contributed by atoms with van der Waals surface area (Å²) in [5.41, 5.74) is 1.23. The van der Waals surface area contributed by atoms with Crippen LogP contribution in [0.15, 0.2) is 42.2 Å². The standard InChI is InChI=1S/C12H13FO/c1-9(2)12(13)8-10-4-6-11(14-3)7-5-10/h4-8H,1H2,2-3H3/b12-8-. The molecule has 0 saturated heterocycles. The van der Waals surface area contributed by atoms with Crippen molar-refractivity contribution in [1.29, 1.82) is 0 Å². The van der Waals surface area contributed by atoms with Crippen LogP contribution in [-0.2, 0) is 0 Å². The zero-order valence-corrected chi connectivity index (χ0v) is 8.38. The van der Waals surface area contributed by atoms with Gasteiger partial charge in [-0.2, -0.15) is 0 Å². The van der Waals surface area contributed by atoms with Crippen molar-refractivity contribution in [3.05, 3.63) is 47.8 Å². The molecule has 14 heavy (non-hydrogen) atoms. The van der Waals surface area contributed by atoms with E-state index in [4.69, 9.17) is 4.74 Å². The smallest absolute Gasteiger partial charge is 0.126 e. The van der Waals surface area contributed by atoms with Crippen LogP contribution in [0.2, 0.25) is 0 Å². The molecule has 0 heterocycles. The monoisotopic (exact) mass is 192 g/mol. The molecule has 0 N–H and O–H groups in total. The summed E-state index contributed by atoms with van der Waals surface area (Å²) in [4.78, 5) is 0. The Hall–Kier alpha value is -1.57. The van der Waals surface area contributed by atoms with Gasteiger partial charge in [0, 0.05) is 0 Å². The number of hydrogen-bond donors (Lipinski definition) is 0. The molecule has 0 bridgehead atoms. The maximum absolute atomic E-state index is 13.1. The molecule has 0 aliphatic carbocycles. The number of ether oxygens (including phenoxy) is 1. The van der Waals surface area contributed by atoms with Crippen molar-refractivity contribution in [2.75, 3.05) is 7.11 Å². The molecule has 0 fully saturated rings. The van der Waals surface area contributed by atoms with Gasteiger partial charge in [-0.05, 0) is 36.3 Å². The molecule has 0 saturated carbocycles. The Bertz CT molecular complexity index is 349. The average molecular weight is 192 g/mol. The van der Waals surface area contributed by atoms with Gasteiger partial charge < -0.3 is 4.74 Å². The Morgan fingerprint density at radius 2 is 1.93 bits per heavy atom. The molecule has 1 rings (SSSR count). The van der Waals surface area contributed by atoms with E-state index in [0.29, 0.717) is 5.57 Å². The minimum Gasteiger partial charge on any atom is -0.497 e. The number of rotatable bonds is 3. The first kappa shape index (κ1) is 10.5. The molecule has 1 aromatic carbocycles. The van der Waals surface area contributed by atoms with Gasteiger partial charge in [-0.1, -0.05) is 18.7 Å². The molecule has 0 atom stereocenters. The molecule has 1 aromatic rings. The molecule has 0 aromatic heterocycles. The lowest BCUT2D eigenvalue weighted by atomic mass is 10.1. The minimum absolute atomic E-state index is 0.296. The van der Waals surface area contributed by atoms with E-state index in [1.807, 2.05) is 0 Å². The highest BCUT2D eigenvalue weighted by Crippen LogP contribution is 2.17. The quantitative estimate of drug-likeness (QED) is 0.665. The summed E-state index contributed by atoms with van der Waals surface area (Å²) < 4.78 is 18.1. The first-order valence-electron chi connectivity index (χ1n) is 4.30. The highest BCUT2D eigenvalue weighted by molar-refractivity contribution is 5.56. The predicted molar refractivity (Wildman–Crippen MR) is 56.9 cm³/mol. The molecule has 0 radical (unpaired) electrons. The van der Waals surface area contributed by atoms with Gasteiger partial charge in [0.25, 0.3) is 0 Å². The molecule has 0 unspecified atom stereocenters. The fraction of sp³-hybridized carbons (Fsp3) is 0.167. The zero-order chi connectivity index (χ0) is 10.6. The largest absolute Gasteiger partial charge is 0.497 e. The summed E-state index contributed by atoms with van der Waals surface area (Å²) in [6, 6.07) is 7.16. The van der Waals surface area contributed by atoms with Gasteiger partial charge in [-0.25, -0.2) is 4.39 Å². The molecular formula is C12H13FO. The van der Waals surface area contributed by atoms with Crippen LogP contribution in [0.25, 0.3) is 6.08 Å². The summed E-state index contributed by atoms with van der Waals surface area (Å²) in [5, 5.41) is 0. The van der Waals surface area contributed by atoms with Crippen molar-refractivity contribution < 1.29 is 9.13 Å². The van der Waals surface area contributed by atoms with Gasteiger partial charge in [0.05, 0.1) is 7.11 Å². The highest BCUT2D eigenvalue weighted by atomic mass is 19.1. The third-order valence-corrected chi connectivity index (χ3v) is 1.82. The van der Waals surface area contributed by atoms with Crippen LogP contribution in [0.4, 0.5) is 4.39 Å². The van der Waals surface area contributed by atoms with E-state index < -0.39 is 0 Å². The number of halogens is 1. The zero-order valence-electron chi connectivity index (χ0n) is 8.38. The van der Waals surface area contributed by atoms with Crippen molar-refractivity contribution in [3.8, 4) is 5.75 Å². The van der Waals surface area contributed by atoms with Crippen molar-refractivity contribution in [1.82, 2.24) is 0 Å². The summed E-state index contributed by atoms with van der Waals surface area (Å²) in [7, 11) is 1.60. The van der Waals surface area contributed by atoms with E-state index in [1.54, 1.807) is 38.3 Å². The Morgan fingerprint density at radius 3 is 2.36 bits per heavy atom. The van der Waals surface area contributed by atoms with Gasteiger partial charge in [0.15, 0.2) is 0 Å². The van der Waals surface area contributed by atoms with E-state index >= 15 is 0 Å². The van der Waals surface area contributed by atoms with Crippen LogP contribution in [0.1, 0.15) is 12.5 Å². The Kier molecular flexibility index (Phi) is 3.46. The number of hydrogen-bond acceptors (Lipinski definition) is 1. The van der Waals surface area contributed by atoms with Crippen LogP contribution >= 0.6 is 0 Å². The normalized spacial score (nSPS) is 11.2. The Balaban J connectivity index is 2.88. The van der Waals surface area contributed by atoms with Crippen LogP contribution in [0.3, 0.4) is 0 Å². The van der Waals surface area contributed by atoms with E-state index in [-0.39, 0.29) is 5.83 Å². The summed E-state index contributed by atoms with van der Waals surface area (Å²) in [6.45, 7) is 5.15. The topological polar surface area (TPSA) is 9.23 Å². The highest BCUT2D eigenvalue weighted by Gasteiger charge is 1.96. The lowest BCUT2D eigenvalue weighted by Gasteiger charge is -2.00. The van der Waals surface area contributed by atoms with Crippen LogP contribution in [-0.4, -0.2) is 7.11 Å². The summed E-state index contributed by atoms with van der Waals surface area (Å²) in [5.74, 6) is 0.466. The summed E-state index contributed by atoms with van der Waals surface area (Å²) in [6.07, 6.45) is 1.45. The van der Waals surface area contributed by atoms with E-state index in [2.05, 4.69) is 6.58 Å². The SMILES string of the molecule is C=C(C)/C(F)=C/c1ccc(OC)cc1. The fourth-order valence-electron chi connectivity index (χ4n) is 0.970. The molecule has 1 nitrogen and oxygen atoms in total. The maximum atomic E-state index is 13.1. The fourth-order valence-corrected chi connectivity index (χ4v) is 0.970. The lowest BCUT2D eigenvalue weighted by Crippen LogP contribution is -1.82. The van der Waals surface area contributed by atoms with Crippen molar-refractivity contribution in [2.45, 2.75) is 6.92 Å². The predicted octanol–water partition coefficient (Wildman–Crippen LogP) is 3.58. The van der Waals surface area contributed by atoms with Crippen LogP contribution in [0, 0.1) is 0 Å². The first-order valence-corrected chi connectivity index (χ1v) is 4.30. The molecule has 74 valence electrons. The summed E-state index contributed by atoms with van der Waals surface area (Å²) >= 11 is 0. The molecule has 2 heteroatoms. The molecule has 0 aliphatic heterocycles.